The van der Waals surface area contributed by atoms with Crippen LogP contribution in [0, 0.1) is 0 Å². The molecule has 2 heterocycles. The molecule has 168 valence electrons. The third kappa shape index (κ3) is 4.56. The number of aryl methyl sites for hydroxylation is 1. The highest BCUT2D eigenvalue weighted by atomic mass is 16.5. The van der Waals surface area contributed by atoms with E-state index in [4.69, 9.17) is 14.2 Å². The third-order valence-electron chi connectivity index (χ3n) is 5.96. The van der Waals surface area contributed by atoms with Crippen molar-refractivity contribution >= 4 is 5.91 Å². The first-order valence-electron chi connectivity index (χ1n) is 10.8. The van der Waals surface area contributed by atoms with E-state index in [1.807, 2.05) is 53.6 Å². The van der Waals surface area contributed by atoms with Gasteiger partial charge in [0.15, 0.2) is 0 Å². The maximum Gasteiger partial charge on any atom is 0.223 e. The Labute approximate surface area is 188 Å². The predicted molar refractivity (Wildman–Crippen MR) is 122 cm³/mol. The maximum atomic E-state index is 13.1. The lowest BCUT2D eigenvalue weighted by Gasteiger charge is -2.23. The van der Waals surface area contributed by atoms with E-state index in [0.29, 0.717) is 12.8 Å². The van der Waals surface area contributed by atoms with Gasteiger partial charge in [0.2, 0.25) is 5.91 Å². The summed E-state index contributed by atoms with van der Waals surface area (Å²) in [6.45, 7) is 0.744. The molecule has 4 rings (SSSR count). The highest BCUT2D eigenvalue weighted by Crippen LogP contribution is 2.33. The van der Waals surface area contributed by atoms with Gasteiger partial charge in [-0.2, -0.15) is 0 Å². The summed E-state index contributed by atoms with van der Waals surface area (Å²) >= 11 is 0. The number of nitrogens with one attached hydrogen (secondary N) is 1. The van der Waals surface area contributed by atoms with Gasteiger partial charge in [0, 0.05) is 18.5 Å². The Bertz CT molecular complexity index is 1080. The zero-order valence-corrected chi connectivity index (χ0v) is 18.8. The zero-order valence-electron chi connectivity index (χ0n) is 18.8. The fourth-order valence-electron chi connectivity index (χ4n) is 4.26. The van der Waals surface area contributed by atoms with Crippen LogP contribution in [0.1, 0.15) is 36.7 Å². The Morgan fingerprint density at radius 3 is 2.69 bits per heavy atom. The van der Waals surface area contributed by atoms with E-state index in [2.05, 4.69) is 9.97 Å². The molecule has 3 aromatic rings. The molecule has 7 nitrogen and oxygen atoms in total. The Morgan fingerprint density at radius 1 is 1.09 bits per heavy atom. The van der Waals surface area contributed by atoms with Gasteiger partial charge in [-0.3, -0.25) is 4.79 Å². The fourth-order valence-corrected chi connectivity index (χ4v) is 4.26. The minimum absolute atomic E-state index is 0.0333. The quantitative estimate of drug-likeness (QED) is 0.568. The maximum absolute atomic E-state index is 13.1. The zero-order chi connectivity index (χ0) is 22.5. The molecular formula is C25H29N3O4. The van der Waals surface area contributed by atoms with E-state index in [9.17, 15) is 4.79 Å². The number of aromatic amines is 1. The summed E-state index contributed by atoms with van der Waals surface area (Å²) in [5.41, 5.74) is 2.89. The van der Waals surface area contributed by atoms with Crippen molar-refractivity contribution in [2.75, 3.05) is 27.9 Å². The lowest BCUT2D eigenvalue weighted by molar-refractivity contribution is -0.132. The molecule has 0 radical (unpaired) electrons. The summed E-state index contributed by atoms with van der Waals surface area (Å²) in [5, 5.41) is 0. The molecule has 1 aromatic heterocycles. The first-order valence-corrected chi connectivity index (χ1v) is 10.8. The number of likely N-dealkylation sites (tertiary alicyclic amines) is 1. The number of rotatable bonds is 8. The summed E-state index contributed by atoms with van der Waals surface area (Å²) < 4.78 is 16.1. The first-order chi connectivity index (χ1) is 15.6. The number of ether oxygens (including phenoxy) is 3. The number of amides is 1. The Kier molecular flexibility index (Phi) is 6.63. The van der Waals surface area contributed by atoms with Crippen molar-refractivity contribution in [2.45, 2.75) is 31.7 Å². The van der Waals surface area contributed by atoms with Crippen LogP contribution in [0.15, 0.2) is 48.7 Å². The van der Waals surface area contributed by atoms with Gasteiger partial charge in [0.1, 0.15) is 23.1 Å². The van der Waals surface area contributed by atoms with Crippen LogP contribution >= 0.6 is 0 Å². The van der Waals surface area contributed by atoms with Crippen molar-refractivity contribution in [3.63, 3.8) is 0 Å². The molecule has 1 saturated heterocycles. The molecule has 0 saturated carbocycles. The molecule has 1 atom stereocenters. The van der Waals surface area contributed by atoms with E-state index in [0.717, 1.165) is 59.3 Å². The molecule has 7 heteroatoms. The van der Waals surface area contributed by atoms with Crippen LogP contribution in [0.4, 0.5) is 0 Å². The van der Waals surface area contributed by atoms with E-state index in [1.54, 1.807) is 21.3 Å². The first kappa shape index (κ1) is 21.7. The summed E-state index contributed by atoms with van der Waals surface area (Å²) in [7, 11) is 4.93. The molecule has 1 amide bonds. The summed E-state index contributed by atoms with van der Waals surface area (Å²) in [6, 6.07) is 13.5. The molecule has 1 aliphatic rings. The van der Waals surface area contributed by atoms with Gasteiger partial charge >= 0.3 is 0 Å². The molecular weight excluding hydrogens is 406 g/mol. The molecule has 0 bridgehead atoms. The second kappa shape index (κ2) is 9.77. The average Bonchev–Trinajstić information content (AvgIpc) is 3.52. The van der Waals surface area contributed by atoms with Gasteiger partial charge in [0.05, 0.1) is 39.3 Å². The van der Waals surface area contributed by atoms with Crippen LogP contribution in [0.3, 0.4) is 0 Å². The highest BCUT2D eigenvalue weighted by Gasteiger charge is 2.31. The minimum atomic E-state index is -0.0333. The van der Waals surface area contributed by atoms with Gasteiger partial charge in [-0.15, -0.1) is 0 Å². The number of hydrogen-bond acceptors (Lipinski definition) is 5. The SMILES string of the molecule is COc1cccc(-c2cnc([C@@H]3CCCN3C(=O)CCc3cc(OC)ccc3OC)[nH]2)c1. The number of carbonyl (C=O) groups is 1. The van der Waals surface area contributed by atoms with Crippen LogP contribution in [0.25, 0.3) is 11.3 Å². The smallest absolute Gasteiger partial charge is 0.223 e. The molecule has 1 fully saturated rings. The van der Waals surface area contributed by atoms with Crippen molar-refractivity contribution in [3.8, 4) is 28.5 Å². The lowest BCUT2D eigenvalue weighted by atomic mass is 10.1. The second-order valence-corrected chi connectivity index (χ2v) is 7.84. The van der Waals surface area contributed by atoms with Crippen molar-refractivity contribution in [3.05, 3.63) is 60.0 Å². The van der Waals surface area contributed by atoms with Crippen molar-refractivity contribution in [1.29, 1.82) is 0 Å². The number of benzene rings is 2. The van der Waals surface area contributed by atoms with Crippen LogP contribution < -0.4 is 14.2 Å². The van der Waals surface area contributed by atoms with Crippen molar-refractivity contribution in [2.24, 2.45) is 0 Å². The standard InChI is InChI=1S/C25H29N3O4/c1-30-19-7-4-6-17(14-19)21-16-26-25(27-21)22-8-5-13-28(22)24(29)12-9-18-15-20(31-2)10-11-23(18)32-3/h4,6-7,10-11,14-16,22H,5,8-9,12-13H2,1-3H3,(H,26,27)/t22-/m0/s1. The fraction of sp³-hybridized carbons (Fsp3) is 0.360. The normalized spacial score (nSPS) is 15.6. The minimum Gasteiger partial charge on any atom is -0.497 e. The summed E-state index contributed by atoms with van der Waals surface area (Å²) in [6.07, 6.45) is 4.69. The molecule has 32 heavy (non-hydrogen) atoms. The molecule has 0 aliphatic carbocycles. The largest absolute Gasteiger partial charge is 0.497 e. The highest BCUT2D eigenvalue weighted by molar-refractivity contribution is 5.77. The number of methoxy groups -OCH3 is 3. The average molecular weight is 436 g/mol. The summed E-state index contributed by atoms with van der Waals surface area (Å²) in [4.78, 5) is 23.1. The lowest BCUT2D eigenvalue weighted by Crippen LogP contribution is -2.31. The van der Waals surface area contributed by atoms with Gasteiger partial charge in [-0.25, -0.2) is 4.98 Å². The van der Waals surface area contributed by atoms with E-state index < -0.39 is 0 Å². The van der Waals surface area contributed by atoms with Gasteiger partial charge < -0.3 is 24.1 Å². The van der Waals surface area contributed by atoms with Crippen LogP contribution in [-0.2, 0) is 11.2 Å². The third-order valence-corrected chi connectivity index (χ3v) is 5.96. The van der Waals surface area contributed by atoms with Crippen LogP contribution in [0.5, 0.6) is 17.2 Å². The number of hydrogen-bond donors (Lipinski definition) is 1. The number of aromatic nitrogens is 2. The summed E-state index contributed by atoms with van der Waals surface area (Å²) in [5.74, 6) is 3.27. The van der Waals surface area contributed by atoms with Crippen LogP contribution in [-0.4, -0.2) is 48.6 Å². The van der Waals surface area contributed by atoms with Crippen LogP contribution in [0.2, 0.25) is 0 Å². The van der Waals surface area contributed by atoms with Crippen molar-refractivity contribution < 1.29 is 19.0 Å². The number of H-pyrrole nitrogens is 1. The van der Waals surface area contributed by atoms with E-state index in [-0.39, 0.29) is 11.9 Å². The molecule has 2 aromatic carbocycles. The Balaban J connectivity index is 1.46. The van der Waals surface area contributed by atoms with Gasteiger partial charge in [0.25, 0.3) is 0 Å². The molecule has 1 N–H and O–H groups in total. The second-order valence-electron chi connectivity index (χ2n) is 7.84. The monoisotopic (exact) mass is 435 g/mol. The van der Waals surface area contributed by atoms with E-state index in [1.165, 1.54) is 0 Å². The van der Waals surface area contributed by atoms with Gasteiger partial charge in [-0.05, 0) is 55.2 Å². The molecule has 0 spiro atoms. The Morgan fingerprint density at radius 2 is 1.91 bits per heavy atom. The predicted octanol–water partition coefficient (Wildman–Crippen LogP) is 4.40. The number of imidazole rings is 1. The Hall–Kier alpha value is -3.48. The molecule has 0 unspecified atom stereocenters. The van der Waals surface area contributed by atoms with Gasteiger partial charge in [-0.1, -0.05) is 12.1 Å². The molecule has 1 aliphatic heterocycles. The number of carbonyl (C=O) groups excluding carboxylic acids is 1. The topological polar surface area (TPSA) is 76.7 Å². The number of nitrogens with zero attached hydrogens (tertiary/aromatic N) is 2. The van der Waals surface area contributed by atoms with Crippen molar-refractivity contribution in [1.82, 2.24) is 14.9 Å². The van der Waals surface area contributed by atoms with E-state index >= 15 is 0 Å².